The van der Waals surface area contributed by atoms with Crippen LogP contribution in [-0.4, -0.2) is 28.3 Å². The highest BCUT2D eigenvalue weighted by Gasteiger charge is 2.66. The molecule has 0 aromatic carbocycles. The summed E-state index contributed by atoms with van der Waals surface area (Å²) < 4.78 is 12.0. The van der Waals surface area contributed by atoms with Crippen LogP contribution in [-0.2, 0) is 14.7 Å². The fourth-order valence-electron chi connectivity index (χ4n) is 4.26. The summed E-state index contributed by atoms with van der Waals surface area (Å²) in [5.41, 5.74) is 2.17. The van der Waals surface area contributed by atoms with E-state index in [1.165, 1.54) is 19.3 Å². The monoisotopic (exact) mass is 286 g/mol. The molecule has 5 heteroatoms. The maximum absolute atomic E-state index is 6.02. The molecule has 112 valence electrons. The lowest BCUT2D eigenvalue weighted by atomic mass is 9.35. The fraction of sp³-hybridized carbons (Fsp3) is 0.750. The molecule has 4 fully saturated rings. The van der Waals surface area contributed by atoms with Crippen LogP contribution in [0.2, 0.25) is 0 Å². The first kappa shape index (κ1) is 13.7. The van der Waals surface area contributed by atoms with Gasteiger partial charge in [0.15, 0.2) is 0 Å². The van der Waals surface area contributed by atoms with E-state index < -0.39 is 7.12 Å². The molecular formula is C16H23BN2O2. The molecule has 0 unspecified atom stereocenters. The molecule has 3 aliphatic carbocycles. The Kier molecular flexibility index (Phi) is 2.41. The van der Waals surface area contributed by atoms with Gasteiger partial charge in [0.25, 0.3) is 0 Å². The van der Waals surface area contributed by atoms with Crippen molar-refractivity contribution in [3.63, 3.8) is 0 Å². The molecule has 1 aromatic heterocycles. The van der Waals surface area contributed by atoms with E-state index in [4.69, 9.17) is 9.31 Å². The van der Waals surface area contributed by atoms with Crippen LogP contribution in [0.15, 0.2) is 12.4 Å². The Morgan fingerprint density at radius 1 is 0.905 bits per heavy atom. The predicted octanol–water partition coefficient (Wildman–Crippen LogP) is 2.22. The molecule has 1 aliphatic heterocycles. The zero-order valence-corrected chi connectivity index (χ0v) is 13.6. The van der Waals surface area contributed by atoms with E-state index in [0.717, 1.165) is 11.3 Å². The third-order valence-corrected chi connectivity index (χ3v) is 6.01. The molecule has 3 saturated carbocycles. The summed E-state index contributed by atoms with van der Waals surface area (Å²) in [6.45, 7) is 10.6. The third kappa shape index (κ3) is 1.77. The predicted molar refractivity (Wildman–Crippen MR) is 81.4 cm³/mol. The number of hydrogen-bond donors (Lipinski definition) is 0. The van der Waals surface area contributed by atoms with Crippen LogP contribution < -0.4 is 5.59 Å². The zero-order chi connectivity index (χ0) is 15.1. The molecule has 1 aromatic rings. The van der Waals surface area contributed by atoms with Crippen LogP contribution in [0.4, 0.5) is 0 Å². The average molecular weight is 286 g/mol. The van der Waals surface area contributed by atoms with Crippen LogP contribution in [0.25, 0.3) is 0 Å². The van der Waals surface area contributed by atoms with Gasteiger partial charge in [-0.1, -0.05) is 6.92 Å². The standard InChI is InChI=1S/C16H23BN2O2/c1-13(2)14(3,4)21-17(20-13)12-7-18-11(6-19-12)16-8-15(5,9-16)10-16/h6-7H,8-10H2,1-5H3. The zero-order valence-electron chi connectivity index (χ0n) is 13.6. The summed E-state index contributed by atoms with van der Waals surface area (Å²) in [5, 5.41) is 0. The molecule has 21 heavy (non-hydrogen) atoms. The molecule has 2 heterocycles. The highest BCUT2D eigenvalue weighted by atomic mass is 16.7. The molecule has 4 nitrogen and oxygen atoms in total. The van der Waals surface area contributed by atoms with E-state index in [0.29, 0.717) is 10.8 Å². The van der Waals surface area contributed by atoms with Crippen LogP contribution in [0.3, 0.4) is 0 Å². The van der Waals surface area contributed by atoms with Gasteiger partial charge in [-0.15, -0.1) is 0 Å². The van der Waals surface area contributed by atoms with Crippen LogP contribution in [0, 0.1) is 5.41 Å². The molecule has 4 aliphatic rings. The Morgan fingerprint density at radius 3 is 1.90 bits per heavy atom. The highest BCUT2D eigenvalue weighted by Crippen LogP contribution is 2.72. The lowest BCUT2D eigenvalue weighted by molar-refractivity contribution is -0.128. The molecule has 0 spiro atoms. The molecule has 0 atom stereocenters. The van der Waals surface area contributed by atoms with Crippen LogP contribution >= 0.6 is 0 Å². The van der Waals surface area contributed by atoms with Gasteiger partial charge in [0, 0.05) is 17.8 Å². The van der Waals surface area contributed by atoms with Crippen molar-refractivity contribution in [1.82, 2.24) is 9.97 Å². The molecule has 1 saturated heterocycles. The molecule has 2 bridgehead atoms. The first-order chi connectivity index (χ1) is 9.65. The summed E-state index contributed by atoms with van der Waals surface area (Å²) in [5.74, 6) is 0. The van der Waals surface area contributed by atoms with Crippen LogP contribution in [0.1, 0.15) is 59.6 Å². The van der Waals surface area contributed by atoms with Gasteiger partial charge in [0.05, 0.1) is 22.5 Å². The second-order valence-corrected chi connectivity index (χ2v) is 8.54. The van der Waals surface area contributed by atoms with E-state index in [1.54, 1.807) is 0 Å². The minimum atomic E-state index is -0.415. The van der Waals surface area contributed by atoms with Gasteiger partial charge in [0.1, 0.15) is 0 Å². The van der Waals surface area contributed by atoms with Gasteiger partial charge in [-0.3, -0.25) is 9.97 Å². The first-order valence-electron chi connectivity index (χ1n) is 7.83. The topological polar surface area (TPSA) is 44.2 Å². The molecule has 0 amide bonds. The first-order valence-corrected chi connectivity index (χ1v) is 7.83. The minimum absolute atomic E-state index is 0.330. The Bertz CT molecular complexity index is 561. The Hall–Kier alpha value is -0.935. The third-order valence-electron chi connectivity index (χ3n) is 6.01. The smallest absolute Gasteiger partial charge is 0.398 e. The van der Waals surface area contributed by atoms with E-state index >= 15 is 0 Å². The normalized spacial score (nSPS) is 38.8. The van der Waals surface area contributed by atoms with Gasteiger partial charge in [-0.05, 0) is 52.4 Å². The van der Waals surface area contributed by atoms with Crippen molar-refractivity contribution in [2.75, 3.05) is 0 Å². The maximum Gasteiger partial charge on any atom is 0.516 e. The summed E-state index contributed by atoms with van der Waals surface area (Å²) in [6.07, 6.45) is 7.57. The number of nitrogens with zero attached hydrogens (tertiary/aromatic N) is 2. The van der Waals surface area contributed by atoms with Crippen molar-refractivity contribution < 1.29 is 9.31 Å². The highest BCUT2D eigenvalue weighted by molar-refractivity contribution is 6.61. The summed E-state index contributed by atoms with van der Waals surface area (Å²) in [7, 11) is -0.415. The molecule has 0 N–H and O–H groups in total. The van der Waals surface area contributed by atoms with E-state index in [2.05, 4.69) is 44.6 Å². The van der Waals surface area contributed by atoms with Gasteiger partial charge in [0.2, 0.25) is 0 Å². The minimum Gasteiger partial charge on any atom is -0.398 e. The maximum atomic E-state index is 6.02. The van der Waals surface area contributed by atoms with Gasteiger partial charge >= 0.3 is 7.12 Å². The summed E-state index contributed by atoms with van der Waals surface area (Å²) in [4.78, 5) is 9.23. The van der Waals surface area contributed by atoms with Gasteiger partial charge in [-0.25, -0.2) is 0 Å². The van der Waals surface area contributed by atoms with E-state index in [1.807, 2.05) is 12.4 Å². The van der Waals surface area contributed by atoms with E-state index in [9.17, 15) is 0 Å². The van der Waals surface area contributed by atoms with Gasteiger partial charge in [-0.2, -0.15) is 0 Å². The van der Waals surface area contributed by atoms with Crippen LogP contribution in [0.5, 0.6) is 0 Å². The second-order valence-electron chi connectivity index (χ2n) is 8.54. The summed E-state index contributed by atoms with van der Waals surface area (Å²) in [6, 6.07) is 0. The molecule has 0 radical (unpaired) electrons. The Balaban J connectivity index is 1.53. The van der Waals surface area contributed by atoms with Crippen molar-refractivity contribution in [2.45, 2.75) is 70.5 Å². The van der Waals surface area contributed by atoms with Crippen molar-refractivity contribution in [3.05, 3.63) is 18.1 Å². The molecular weight excluding hydrogens is 263 g/mol. The van der Waals surface area contributed by atoms with Crippen molar-refractivity contribution in [2.24, 2.45) is 5.41 Å². The van der Waals surface area contributed by atoms with Crippen molar-refractivity contribution in [1.29, 1.82) is 0 Å². The van der Waals surface area contributed by atoms with Crippen molar-refractivity contribution >= 4 is 12.7 Å². The van der Waals surface area contributed by atoms with Crippen molar-refractivity contribution in [3.8, 4) is 0 Å². The fourth-order valence-corrected chi connectivity index (χ4v) is 4.26. The van der Waals surface area contributed by atoms with Gasteiger partial charge < -0.3 is 9.31 Å². The Morgan fingerprint density at radius 2 is 1.48 bits per heavy atom. The second kappa shape index (κ2) is 3.69. The number of aromatic nitrogens is 2. The lowest BCUT2D eigenvalue weighted by Gasteiger charge is -2.69. The average Bonchev–Trinajstić information content (AvgIpc) is 2.54. The largest absolute Gasteiger partial charge is 0.516 e. The summed E-state index contributed by atoms with van der Waals surface area (Å²) >= 11 is 0. The Labute approximate surface area is 126 Å². The quantitative estimate of drug-likeness (QED) is 0.782. The molecule has 5 rings (SSSR count). The van der Waals surface area contributed by atoms with E-state index in [-0.39, 0.29) is 11.2 Å². The number of rotatable bonds is 2. The lowest BCUT2D eigenvalue weighted by Crippen LogP contribution is -2.63. The SMILES string of the molecule is CC12CC(c3cnc(B4OC(C)(C)C(C)(C)O4)cn3)(C1)C2. The number of hydrogen-bond acceptors (Lipinski definition) is 4.